The number of nitrogens with zero attached hydrogens (tertiary/aromatic N) is 3. The molecule has 1 aliphatic carbocycles. The number of sulfonamides is 1. The summed E-state index contributed by atoms with van der Waals surface area (Å²) in [6.45, 7) is 13.7. The highest BCUT2D eigenvalue weighted by Gasteiger charge is 2.51. The number of ether oxygens (including phenoxy) is 5. The van der Waals surface area contributed by atoms with E-state index in [1.807, 2.05) is 27.7 Å². The van der Waals surface area contributed by atoms with Crippen molar-refractivity contribution in [3.63, 3.8) is 0 Å². The first-order valence-corrected chi connectivity index (χ1v) is 26.6. The van der Waals surface area contributed by atoms with Gasteiger partial charge in [-0.05, 0) is 141 Å². The molecule has 3 rings (SSSR count). The monoisotopic (exact) mass is 1080 g/mol. The van der Waals surface area contributed by atoms with E-state index in [1.54, 1.807) is 19.3 Å². The lowest BCUT2D eigenvalue weighted by Crippen LogP contribution is -2.59. The predicted molar refractivity (Wildman–Crippen MR) is 276 cm³/mol. The van der Waals surface area contributed by atoms with Crippen molar-refractivity contribution in [2.45, 2.75) is 114 Å². The number of hydrogen-bond donors (Lipinski definition) is 9. The Balaban J connectivity index is 1.26. The molecule has 0 radical (unpaired) electrons. The fourth-order valence-corrected chi connectivity index (χ4v) is 9.68. The Morgan fingerprint density at radius 2 is 1.11 bits per heavy atom. The Bertz CT molecular complexity index is 2190. The fraction of sp³-hybridized carbons (Fsp3) is 0.640. The Hall–Kier alpha value is -5.38. The van der Waals surface area contributed by atoms with Crippen LogP contribution in [0.25, 0.3) is 0 Å². The molecule has 25 heteroatoms. The molecule has 1 aliphatic rings. The number of hydrogen-bond acceptors (Lipinski definition) is 18. The first-order valence-electron chi connectivity index (χ1n) is 25.2. The zero-order chi connectivity index (χ0) is 55.3. The van der Waals surface area contributed by atoms with E-state index in [4.69, 9.17) is 23.7 Å². The van der Waals surface area contributed by atoms with Gasteiger partial charge in [0, 0.05) is 32.6 Å². The third kappa shape index (κ3) is 22.4. The van der Waals surface area contributed by atoms with E-state index < -0.39 is 50.2 Å². The molecule has 4 amide bonds. The number of carbonyl (C=O) groups is 4. The van der Waals surface area contributed by atoms with Crippen LogP contribution in [0.3, 0.4) is 0 Å². The van der Waals surface area contributed by atoms with Gasteiger partial charge in [-0.1, -0.05) is 23.2 Å². The smallest absolute Gasteiger partial charge is 0.264 e. The molecule has 0 saturated heterocycles. The second-order valence-corrected chi connectivity index (χ2v) is 21.0. The van der Waals surface area contributed by atoms with Crippen molar-refractivity contribution < 1.29 is 71.3 Å². The standard InChI is InChI=1S/C50H80FN9O14S/c1-37(57-65)48(3,4)55-24-18-39(19-25-56-49(5,6)38(2)58-66)17-23-52-45(62)35-73-36-46(63)54-27-30-71-32-34-72-33-31-70-29-26-53-44(61)20-28-60(50(47(64)59-67)21-7-8-22-50)75(68,69)43-15-13-42(14-16-43)74-41-11-9-40(51)10-12-41/h9-16,39,55-56,65-67H,7-8,17-36H2,1-6H3,(H,52,62)(H,53,61)(H,54,63)(H,59,64)/b57-37-,58-38-. The van der Waals surface area contributed by atoms with E-state index in [-0.39, 0.29) is 114 Å². The Morgan fingerprint density at radius 1 is 0.667 bits per heavy atom. The minimum absolute atomic E-state index is 0.127. The van der Waals surface area contributed by atoms with Crippen LogP contribution in [0.15, 0.2) is 63.7 Å². The van der Waals surface area contributed by atoms with Gasteiger partial charge in [0.15, 0.2) is 0 Å². The van der Waals surface area contributed by atoms with Crippen LogP contribution in [-0.4, -0.2) is 172 Å². The van der Waals surface area contributed by atoms with Crippen LogP contribution in [0.1, 0.15) is 92.9 Å². The third-order valence-corrected chi connectivity index (χ3v) is 15.0. The summed E-state index contributed by atoms with van der Waals surface area (Å²) >= 11 is 0. The SMILES string of the molecule is C/C(=N/O)C(C)(C)NCCC(CCNC(=O)COCC(=O)NCCOCCOCCOCCNC(=O)CCN(C1(C(=O)NO)CCCC1)S(=O)(=O)c1ccc(Oc2ccc(F)cc2)cc1)CCNC(C)(C)/C(C)=N\O. The topological polar surface area (TPSA) is 309 Å². The zero-order valence-corrected chi connectivity index (χ0v) is 45.0. The first-order chi connectivity index (χ1) is 35.7. The lowest BCUT2D eigenvalue weighted by molar-refractivity contribution is -0.139. The van der Waals surface area contributed by atoms with Gasteiger partial charge in [-0.25, -0.2) is 18.3 Å². The highest BCUT2D eigenvalue weighted by molar-refractivity contribution is 7.89. The normalized spacial score (nSPS) is 14.6. The quantitative estimate of drug-likeness (QED) is 0.0153. The van der Waals surface area contributed by atoms with E-state index in [9.17, 15) is 47.6 Å². The molecule has 1 fully saturated rings. The minimum Gasteiger partial charge on any atom is -0.457 e. The Labute approximate surface area is 440 Å². The van der Waals surface area contributed by atoms with Gasteiger partial charge in [0.25, 0.3) is 5.91 Å². The molecule has 0 aromatic heterocycles. The lowest BCUT2D eigenvalue weighted by atomic mass is 9.94. The molecular formula is C50H80FN9O14S. The summed E-state index contributed by atoms with van der Waals surface area (Å²) < 4.78 is 70.0. The van der Waals surface area contributed by atoms with Crippen LogP contribution in [0.4, 0.5) is 4.39 Å². The van der Waals surface area contributed by atoms with Gasteiger partial charge in [-0.15, -0.1) is 0 Å². The summed E-state index contributed by atoms with van der Waals surface area (Å²) in [6, 6.07) is 10.8. The van der Waals surface area contributed by atoms with Gasteiger partial charge in [0.1, 0.15) is 36.1 Å². The van der Waals surface area contributed by atoms with Crippen LogP contribution in [-0.2, 0) is 48.1 Å². The third-order valence-electron chi connectivity index (χ3n) is 13.0. The van der Waals surface area contributed by atoms with Crippen molar-refractivity contribution in [2.75, 3.05) is 92.1 Å². The maximum Gasteiger partial charge on any atom is 0.264 e. The van der Waals surface area contributed by atoms with Gasteiger partial charge < -0.3 is 60.7 Å². The van der Waals surface area contributed by atoms with Crippen molar-refractivity contribution in [3.8, 4) is 11.5 Å². The molecule has 0 heterocycles. The number of oxime groups is 2. The van der Waals surface area contributed by atoms with Gasteiger partial charge >= 0.3 is 0 Å². The molecule has 0 atom stereocenters. The Kier molecular flexibility index (Phi) is 28.1. The number of hydroxylamine groups is 1. The first kappa shape index (κ1) is 63.9. The number of carbonyl (C=O) groups excluding carboxylic acids is 4. The molecule has 2 aromatic carbocycles. The molecule has 0 spiro atoms. The number of rotatable bonds is 38. The van der Waals surface area contributed by atoms with Gasteiger partial charge in [-0.2, -0.15) is 4.31 Å². The summed E-state index contributed by atoms with van der Waals surface area (Å²) in [5.74, 6) is -1.69. The molecule has 9 N–H and O–H groups in total. The summed E-state index contributed by atoms with van der Waals surface area (Å²) in [5, 5.41) is 49.7. The van der Waals surface area contributed by atoms with Crippen LogP contribution in [0.5, 0.6) is 11.5 Å². The van der Waals surface area contributed by atoms with E-state index >= 15 is 0 Å². The average Bonchev–Trinajstić information content (AvgIpc) is 3.88. The number of nitrogens with one attached hydrogen (secondary N) is 6. The Morgan fingerprint density at radius 3 is 1.59 bits per heavy atom. The van der Waals surface area contributed by atoms with E-state index in [1.165, 1.54) is 48.5 Å². The molecule has 0 unspecified atom stereocenters. The number of benzene rings is 2. The van der Waals surface area contributed by atoms with Gasteiger partial charge in [0.05, 0.1) is 67.0 Å². The van der Waals surface area contributed by atoms with Gasteiger partial charge in [0.2, 0.25) is 27.7 Å². The molecule has 23 nitrogen and oxygen atoms in total. The second-order valence-electron chi connectivity index (χ2n) is 19.1. The predicted octanol–water partition coefficient (Wildman–Crippen LogP) is 3.46. The molecule has 2 aromatic rings. The highest BCUT2D eigenvalue weighted by Crippen LogP contribution is 2.39. The van der Waals surface area contributed by atoms with E-state index in [0.717, 1.165) is 17.1 Å². The van der Waals surface area contributed by atoms with E-state index in [0.29, 0.717) is 56.1 Å². The largest absolute Gasteiger partial charge is 0.457 e. The van der Waals surface area contributed by atoms with Crippen molar-refractivity contribution in [2.24, 2.45) is 16.2 Å². The molecule has 422 valence electrons. The molecule has 75 heavy (non-hydrogen) atoms. The molecule has 1 saturated carbocycles. The molecule has 0 aliphatic heterocycles. The van der Waals surface area contributed by atoms with E-state index in [2.05, 4.69) is 36.9 Å². The minimum atomic E-state index is -4.38. The number of halogens is 1. The van der Waals surface area contributed by atoms with Crippen LogP contribution in [0, 0.1) is 11.7 Å². The van der Waals surface area contributed by atoms with Crippen LogP contribution < -0.4 is 36.8 Å². The average molecular weight is 1080 g/mol. The van der Waals surface area contributed by atoms with Crippen molar-refractivity contribution in [1.82, 2.24) is 36.4 Å². The van der Waals surface area contributed by atoms with Gasteiger partial charge in [-0.3, -0.25) is 24.4 Å². The van der Waals surface area contributed by atoms with Crippen LogP contribution in [0.2, 0.25) is 0 Å². The lowest BCUT2D eigenvalue weighted by Gasteiger charge is -2.38. The number of amides is 4. The maximum absolute atomic E-state index is 14.1. The summed E-state index contributed by atoms with van der Waals surface area (Å²) in [7, 11) is -4.38. The molecular weight excluding hydrogens is 1000 g/mol. The van der Waals surface area contributed by atoms with Crippen molar-refractivity contribution >= 4 is 45.1 Å². The second kappa shape index (κ2) is 32.9. The zero-order valence-electron chi connectivity index (χ0n) is 44.2. The molecule has 0 bridgehead atoms. The van der Waals surface area contributed by atoms with Crippen molar-refractivity contribution in [1.29, 1.82) is 0 Å². The maximum atomic E-state index is 14.1. The summed E-state index contributed by atoms with van der Waals surface area (Å²) in [6.07, 6.45) is 3.36. The van der Waals surface area contributed by atoms with Crippen molar-refractivity contribution in [3.05, 3.63) is 54.3 Å². The highest BCUT2D eigenvalue weighted by atomic mass is 32.2. The fourth-order valence-electron chi connectivity index (χ4n) is 7.89. The summed E-state index contributed by atoms with van der Waals surface area (Å²) in [5.41, 5.74) is 0.156. The summed E-state index contributed by atoms with van der Waals surface area (Å²) in [4.78, 5) is 50.5. The van der Waals surface area contributed by atoms with Crippen LogP contribution >= 0.6 is 0 Å².